The zero-order chi connectivity index (χ0) is 15.4. The van der Waals surface area contributed by atoms with Crippen LogP contribution in [-0.2, 0) is 11.8 Å². The predicted molar refractivity (Wildman–Crippen MR) is 80.7 cm³/mol. The summed E-state index contributed by atoms with van der Waals surface area (Å²) in [4.78, 5) is 20.1. The van der Waals surface area contributed by atoms with Gasteiger partial charge >= 0.3 is 5.97 Å². The van der Waals surface area contributed by atoms with Crippen molar-refractivity contribution in [1.29, 1.82) is 0 Å². The molecule has 3 aromatic rings. The summed E-state index contributed by atoms with van der Waals surface area (Å²) >= 11 is 0. The summed E-state index contributed by atoms with van der Waals surface area (Å²) in [6.07, 6.45) is 4.99. The lowest BCUT2D eigenvalue weighted by atomic mass is 10.2. The fraction of sp³-hybridized carbons (Fsp3) is 0.188. The zero-order valence-electron chi connectivity index (χ0n) is 12.1. The molecule has 6 nitrogen and oxygen atoms in total. The molecular weight excluding hydrogens is 282 g/mol. The molecule has 0 saturated carbocycles. The van der Waals surface area contributed by atoms with Gasteiger partial charge in [0.25, 0.3) is 0 Å². The van der Waals surface area contributed by atoms with Gasteiger partial charge < -0.3 is 14.0 Å². The van der Waals surface area contributed by atoms with E-state index in [1.54, 1.807) is 43.0 Å². The van der Waals surface area contributed by atoms with E-state index in [9.17, 15) is 4.79 Å². The van der Waals surface area contributed by atoms with E-state index < -0.39 is 0 Å². The number of hydrogen-bond acceptors (Lipinski definition) is 5. The van der Waals surface area contributed by atoms with Crippen LogP contribution in [0.3, 0.4) is 0 Å². The molecule has 22 heavy (non-hydrogen) atoms. The Kier molecular flexibility index (Phi) is 4.00. The average Bonchev–Trinajstić information content (AvgIpc) is 2.93. The number of benzene rings is 1. The van der Waals surface area contributed by atoms with Gasteiger partial charge in [0.05, 0.1) is 29.1 Å². The monoisotopic (exact) mass is 297 g/mol. The third kappa shape index (κ3) is 3.06. The second-order valence-corrected chi connectivity index (χ2v) is 4.73. The fourth-order valence-electron chi connectivity index (χ4n) is 2.07. The van der Waals surface area contributed by atoms with Crippen molar-refractivity contribution >= 4 is 17.0 Å². The van der Waals surface area contributed by atoms with Gasteiger partial charge in [-0.1, -0.05) is 0 Å². The van der Waals surface area contributed by atoms with E-state index >= 15 is 0 Å². The Balaban J connectivity index is 1.54. The number of carbonyl (C=O) groups excluding carboxylic acids is 1. The number of nitrogens with zero attached hydrogens (tertiary/aromatic N) is 3. The first-order valence-electron chi connectivity index (χ1n) is 6.85. The molecule has 0 amide bonds. The Morgan fingerprint density at radius 1 is 1.27 bits per heavy atom. The van der Waals surface area contributed by atoms with Crippen LogP contribution in [0.15, 0.2) is 49.1 Å². The second kappa shape index (κ2) is 6.26. The van der Waals surface area contributed by atoms with Crippen molar-refractivity contribution in [3.63, 3.8) is 0 Å². The van der Waals surface area contributed by atoms with E-state index in [4.69, 9.17) is 9.47 Å². The number of esters is 1. The summed E-state index contributed by atoms with van der Waals surface area (Å²) in [6, 6.07) is 8.88. The van der Waals surface area contributed by atoms with Crippen LogP contribution in [0.2, 0.25) is 0 Å². The Labute approximate surface area is 127 Å². The lowest BCUT2D eigenvalue weighted by Crippen LogP contribution is -2.12. The molecule has 0 aliphatic heterocycles. The van der Waals surface area contributed by atoms with E-state index in [-0.39, 0.29) is 19.2 Å². The summed E-state index contributed by atoms with van der Waals surface area (Å²) in [7, 11) is 1.91. The fourth-order valence-corrected chi connectivity index (χ4v) is 2.07. The van der Waals surface area contributed by atoms with Gasteiger partial charge in [-0.15, -0.1) is 0 Å². The van der Waals surface area contributed by atoms with Crippen molar-refractivity contribution in [2.24, 2.45) is 7.05 Å². The molecule has 0 aliphatic rings. The molecule has 0 spiro atoms. The van der Waals surface area contributed by atoms with E-state index in [1.165, 1.54) is 0 Å². The van der Waals surface area contributed by atoms with Crippen molar-refractivity contribution in [3.8, 4) is 5.75 Å². The molecule has 0 fully saturated rings. The van der Waals surface area contributed by atoms with Gasteiger partial charge in [-0.05, 0) is 30.3 Å². The van der Waals surface area contributed by atoms with Crippen LogP contribution in [0, 0.1) is 0 Å². The van der Waals surface area contributed by atoms with Crippen molar-refractivity contribution < 1.29 is 14.3 Å². The number of hydrogen-bond donors (Lipinski definition) is 0. The molecule has 0 bridgehead atoms. The molecule has 112 valence electrons. The SMILES string of the molecule is Cn1cnc2cc(C(=O)OCCOc3cccnc3)ccc21. The molecule has 2 aromatic heterocycles. The highest BCUT2D eigenvalue weighted by atomic mass is 16.6. The number of aromatic nitrogens is 3. The molecule has 0 N–H and O–H groups in total. The van der Waals surface area contributed by atoms with Crippen LogP contribution in [0.1, 0.15) is 10.4 Å². The number of rotatable bonds is 5. The minimum absolute atomic E-state index is 0.175. The first kappa shape index (κ1) is 14.1. The molecule has 0 aliphatic carbocycles. The van der Waals surface area contributed by atoms with Gasteiger partial charge in [0.1, 0.15) is 19.0 Å². The molecule has 6 heteroatoms. The number of pyridine rings is 1. The van der Waals surface area contributed by atoms with Gasteiger partial charge in [0.15, 0.2) is 0 Å². The zero-order valence-corrected chi connectivity index (χ0v) is 12.1. The van der Waals surface area contributed by atoms with E-state index in [2.05, 4.69) is 9.97 Å². The highest BCUT2D eigenvalue weighted by Crippen LogP contribution is 2.14. The number of aryl methyl sites for hydroxylation is 1. The van der Waals surface area contributed by atoms with Crippen LogP contribution in [-0.4, -0.2) is 33.7 Å². The lowest BCUT2D eigenvalue weighted by molar-refractivity contribution is 0.0450. The summed E-state index contributed by atoms with van der Waals surface area (Å²) in [5.41, 5.74) is 2.22. The lowest BCUT2D eigenvalue weighted by Gasteiger charge is -2.07. The summed E-state index contributed by atoms with van der Waals surface area (Å²) < 4.78 is 12.5. The van der Waals surface area contributed by atoms with Gasteiger partial charge in [0.2, 0.25) is 0 Å². The Morgan fingerprint density at radius 2 is 2.18 bits per heavy atom. The molecule has 0 saturated heterocycles. The molecular formula is C16H15N3O3. The smallest absolute Gasteiger partial charge is 0.338 e. The predicted octanol–water partition coefficient (Wildman–Crippen LogP) is 2.20. The number of ether oxygens (including phenoxy) is 2. The summed E-state index contributed by atoms with van der Waals surface area (Å²) in [5, 5.41) is 0. The van der Waals surface area contributed by atoms with Crippen molar-refractivity contribution in [3.05, 3.63) is 54.6 Å². The third-order valence-electron chi connectivity index (χ3n) is 3.18. The first-order chi connectivity index (χ1) is 10.7. The van der Waals surface area contributed by atoms with E-state index in [0.717, 1.165) is 11.0 Å². The second-order valence-electron chi connectivity index (χ2n) is 4.73. The maximum atomic E-state index is 12.0. The number of imidazole rings is 1. The third-order valence-corrected chi connectivity index (χ3v) is 3.18. The van der Waals surface area contributed by atoms with Crippen LogP contribution >= 0.6 is 0 Å². The van der Waals surface area contributed by atoms with Gasteiger partial charge in [-0.3, -0.25) is 4.98 Å². The van der Waals surface area contributed by atoms with Gasteiger partial charge in [-0.25, -0.2) is 9.78 Å². The maximum Gasteiger partial charge on any atom is 0.338 e. The van der Waals surface area contributed by atoms with Gasteiger partial charge in [-0.2, -0.15) is 0 Å². The molecule has 0 unspecified atom stereocenters. The normalized spacial score (nSPS) is 10.6. The topological polar surface area (TPSA) is 66.2 Å². The standard InChI is InChI=1S/C16H15N3O3/c1-19-11-18-14-9-12(4-5-15(14)19)16(20)22-8-7-21-13-3-2-6-17-10-13/h2-6,9-11H,7-8H2,1H3. The van der Waals surface area contributed by atoms with E-state index in [0.29, 0.717) is 11.3 Å². The van der Waals surface area contributed by atoms with Crippen LogP contribution < -0.4 is 4.74 Å². The minimum atomic E-state index is -0.387. The van der Waals surface area contributed by atoms with Gasteiger partial charge in [0, 0.05) is 13.2 Å². The van der Waals surface area contributed by atoms with Crippen LogP contribution in [0.25, 0.3) is 11.0 Å². The first-order valence-corrected chi connectivity index (χ1v) is 6.85. The Morgan fingerprint density at radius 3 is 3.00 bits per heavy atom. The Bertz CT molecular complexity index is 784. The highest BCUT2D eigenvalue weighted by Gasteiger charge is 2.09. The molecule has 0 atom stereocenters. The maximum absolute atomic E-state index is 12.0. The summed E-state index contributed by atoms with van der Waals surface area (Å²) in [6.45, 7) is 0.456. The van der Waals surface area contributed by atoms with Crippen molar-refractivity contribution in [1.82, 2.24) is 14.5 Å². The molecule has 3 rings (SSSR count). The largest absolute Gasteiger partial charge is 0.488 e. The number of carbonyl (C=O) groups is 1. The molecule has 1 aromatic carbocycles. The van der Waals surface area contributed by atoms with E-state index in [1.807, 2.05) is 17.7 Å². The Hall–Kier alpha value is -2.89. The van der Waals surface area contributed by atoms with Crippen molar-refractivity contribution in [2.45, 2.75) is 0 Å². The average molecular weight is 297 g/mol. The number of fused-ring (bicyclic) bond motifs is 1. The molecule has 0 radical (unpaired) electrons. The summed E-state index contributed by atoms with van der Waals surface area (Å²) in [5.74, 6) is 0.260. The quantitative estimate of drug-likeness (QED) is 0.533. The highest BCUT2D eigenvalue weighted by molar-refractivity contribution is 5.93. The molecule has 2 heterocycles. The van der Waals surface area contributed by atoms with Crippen LogP contribution in [0.5, 0.6) is 5.75 Å². The van der Waals surface area contributed by atoms with Crippen molar-refractivity contribution in [2.75, 3.05) is 13.2 Å². The van der Waals surface area contributed by atoms with Crippen LogP contribution in [0.4, 0.5) is 0 Å². The minimum Gasteiger partial charge on any atom is -0.488 e.